The molecule has 7 heteroatoms. The molecule has 3 rings (SSSR count). The average Bonchev–Trinajstić information content (AvgIpc) is 2.68. The molecule has 1 fully saturated rings. The van der Waals surface area contributed by atoms with E-state index in [9.17, 15) is 9.59 Å². The van der Waals surface area contributed by atoms with Crippen molar-refractivity contribution in [2.24, 2.45) is 0 Å². The number of carbonyl (C=O) groups is 2. The molecule has 6 nitrogen and oxygen atoms in total. The minimum Gasteiger partial charge on any atom is -0.494 e. The van der Waals surface area contributed by atoms with Gasteiger partial charge in [0.05, 0.1) is 18.9 Å². The van der Waals surface area contributed by atoms with E-state index in [1.165, 1.54) is 11.0 Å². The first kappa shape index (κ1) is 19.6. The predicted molar refractivity (Wildman–Crippen MR) is 111 cm³/mol. The Labute approximate surface area is 168 Å². The molecule has 2 aromatic carbocycles. The quantitative estimate of drug-likeness (QED) is 0.461. The lowest BCUT2D eigenvalue weighted by Gasteiger charge is -2.29. The zero-order valence-electron chi connectivity index (χ0n) is 15.6. The van der Waals surface area contributed by atoms with Crippen molar-refractivity contribution in [3.05, 3.63) is 59.7 Å². The molecule has 28 heavy (non-hydrogen) atoms. The number of benzene rings is 2. The summed E-state index contributed by atoms with van der Waals surface area (Å²) in [5.74, 6) is 0.148. The van der Waals surface area contributed by atoms with Crippen molar-refractivity contribution in [3.8, 4) is 11.5 Å². The summed E-state index contributed by atoms with van der Waals surface area (Å²) < 4.78 is 11.2. The third-order valence-corrected chi connectivity index (χ3v) is 4.30. The fourth-order valence-electron chi connectivity index (χ4n) is 2.80. The van der Waals surface area contributed by atoms with Crippen LogP contribution < -0.4 is 19.7 Å². The van der Waals surface area contributed by atoms with Crippen molar-refractivity contribution in [3.63, 3.8) is 0 Å². The number of amides is 2. The van der Waals surface area contributed by atoms with Crippen LogP contribution in [-0.4, -0.2) is 30.1 Å². The van der Waals surface area contributed by atoms with Crippen LogP contribution in [0.25, 0.3) is 6.08 Å². The SMILES string of the molecule is CCOc1ccc(/C=C2\C(=O)NC(=S)N(c3ccccc3)C2=O)c(OCC)c1. The van der Waals surface area contributed by atoms with E-state index >= 15 is 0 Å². The molecule has 2 amide bonds. The van der Waals surface area contributed by atoms with E-state index < -0.39 is 11.8 Å². The van der Waals surface area contributed by atoms with Gasteiger partial charge in [-0.25, -0.2) is 0 Å². The lowest BCUT2D eigenvalue weighted by Crippen LogP contribution is -2.54. The van der Waals surface area contributed by atoms with E-state index in [0.29, 0.717) is 36.0 Å². The molecular weight excluding hydrogens is 376 g/mol. The lowest BCUT2D eigenvalue weighted by molar-refractivity contribution is -0.122. The Balaban J connectivity index is 2.01. The van der Waals surface area contributed by atoms with Crippen LogP contribution in [0.3, 0.4) is 0 Å². The Morgan fingerprint density at radius 1 is 1.04 bits per heavy atom. The average molecular weight is 396 g/mol. The van der Waals surface area contributed by atoms with Crippen molar-refractivity contribution in [2.75, 3.05) is 18.1 Å². The second kappa shape index (κ2) is 8.67. The lowest BCUT2D eigenvalue weighted by atomic mass is 10.1. The molecule has 0 saturated carbocycles. The van der Waals surface area contributed by atoms with Gasteiger partial charge in [-0.2, -0.15) is 0 Å². The van der Waals surface area contributed by atoms with Crippen molar-refractivity contribution < 1.29 is 19.1 Å². The van der Waals surface area contributed by atoms with Crippen molar-refractivity contribution in [2.45, 2.75) is 13.8 Å². The molecule has 0 radical (unpaired) electrons. The standard InChI is InChI=1S/C21H20N2O4S/c1-3-26-16-11-10-14(18(13-16)27-4-2)12-17-19(24)22-21(28)23(20(17)25)15-8-6-5-7-9-15/h5-13H,3-4H2,1-2H3,(H,22,24,28)/b17-12+. The normalized spacial score (nSPS) is 15.6. The molecule has 1 heterocycles. The van der Waals surface area contributed by atoms with Crippen LogP contribution in [0.4, 0.5) is 5.69 Å². The molecule has 144 valence electrons. The van der Waals surface area contributed by atoms with Crippen LogP contribution in [0.2, 0.25) is 0 Å². The van der Waals surface area contributed by atoms with E-state index in [2.05, 4.69) is 5.32 Å². The number of anilines is 1. The number of para-hydroxylation sites is 1. The highest BCUT2D eigenvalue weighted by atomic mass is 32.1. The van der Waals surface area contributed by atoms with E-state index in [4.69, 9.17) is 21.7 Å². The largest absolute Gasteiger partial charge is 0.494 e. The number of hydrogen-bond acceptors (Lipinski definition) is 5. The van der Waals surface area contributed by atoms with Gasteiger partial charge >= 0.3 is 0 Å². The summed E-state index contributed by atoms with van der Waals surface area (Å²) in [4.78, 5) is 26.8. The van der Waals surface area contributed by atoms with Gasteiger partial charge in [-0.1, -0.05) is 18.2 Å². The Morgan fingerprint density at radius 3 is 2.43 bits per heavy atom. The summed E-state index contributed by atoms with van der Waals surface area (Å²) in [5, 5.41) is 2.63. The number of rotatable bonds is 6. The number of nitrogens with one attached hydrogen (secondary N) is 1. The third kappa shape index (κ3) is 4.04. The molecule has 0 bridgehead atoms. The van der Waals surface area contributed by atoms with Crippen LogP contribution >= 0.6 is 12.2 Å². The first-order valence-corrected chi connectivity index (χ1v) is 9.32. The highest BCUT2D eigenvalue weighted by Crippen LogP contribution is 2.29. The first-order valence-electron chi connectivity index (χ1n) is 8.91. The topological polar surface area (TPSA) is 67.9 Å². The highest BCUT2D eigenvalue weighted by Gasteiger charge is 2.34. The number of hydrogen-bond donors (Lipinski definition) is 1. The van der Waals surface area contributed by atoms with Gasteiger partial charge in [0.1, 0.15) is 17.1 Å². The molecule has 1 saturated heterocycles. The van der Waals surface area contributed by atoms with Gasteiger partial charge in [0, 0.05) is 11.6 Å². The van der Waals surface area contributed by atoms with E-state index in [0.717, 1.165) is 0 Å². The third-order valence-electron chi connectivity index (χ3n) is 4.01. The molecule has 0 atom stereocenters. The van der Waals surface area contributed by atoms with Crippen molar-refractivity contribution >= 4 is 40.9 Å². The number of thiocarbonyl (C=S) groups is 1. The second-order valence-electron chi connectivity index (χ2n) is 5.86. The first-order chi connectivity index (χ1) is 13.5. The summed E-state index contributed by atoms with van der Waals surface area (Å²) in [7, 11) is 0. The molecule has 0 spiro atoms. The Morgan fingerprint density at radius 2 is 1.75 bits per heavy atom. The van der Waals surface area contributed by atoms with Crippen LogP contribution in [0.15, 0.2) is 54.1 Å². The molecule has 0 aromatic heterocycles. The number of nitrogens with zero attached hydrogens (tertiary/aromatic N) is 1. The smallest absolute Gasteiger partial charge is 0.270 e. The highest BCUT2D eigenvalue weighted by molar-refractivity contribution is 7.80. The Kier molecular flexibility index (Phi) is 6.06. The zero-order valence-corrected chi connectivity index (χ0v) is 16.4. The number of ether oxygens (including phenoxy) is 2. The second-order valence-corrected chi connectivity index (χ2v) is 6.25. The maximum atomic E-state index is 13.0. The molecule has 1 aliphatic rings. The Hall–Kier alpha value is -3.19. The molecule has 1 N–H and O–H groups in total. The predicted octanol–water partition coefficient (Wildman–Crippen LogP) is 3.32. The monoisotopic (exact) mass is 396 g/mol. The Bertz CT molecular complexity index is 941. The van der Waals surface area contributed by atoms with Crippen LogP contribution in [0.1, 0.15) is 19.4 Å². The number of carbonyl (C=O) groups excluding carboxylic acids is 2. The summed E-state index contributed by atoms with van der Waals surface area (Å²) in [5.41, 5.74) is 1.16. The molecule has 2 aromatic rings. The van der Waals surface area contributed by atoms with Crippen LogP contribution in [0.5, 0.6) is 11.5 Å². The molecule has 0 unspecified atom stereocenters. The van der Waals surface area contributed by atoms with Gasteiger partial charge in [-0.05, 0) is 56.4 Å². The van der Waals surface area contributed by atoms with Crippen molar-refractivity contribution in [1.82, 2.24) is 5.32 Å². The van der Waals surface area contributed by atoms with Gasteiger partial charge in [0.15, 0.2) is 5.11 Å². The maximum Gasteiger partial charge on any atom is 0.270 e. The molecule has 1 aliphatic heterocycles. The minimum atomic E-state index is -0.543. The van der Waals surface area contributed by atoms with Gasteiger partial charge in [0.2, 0.25) is 0 Å². The van der Waals surface area contributed by atoms with Gasteiger partial charge in [0.25, 0.3) is 11.8 Å². The van der Waals surface area contributed by atoms with Gasteiger partial charge < -0.3 is 9.47 Å². The molecule has 0 aliphatic carbocycles. The van der Waals surface area contributed by atoms with Gasteiger partial charge in [-0.15, -0.1) is 0 Å². The summed E-state index contributed by atoms with van der Waals surface area (Å²) in [6.45, 7) is 4.71. The van der Waals surface area contributed by atoms with E-state index in [1.54, 1.807) is 42.5 Å². The van der Waals surface area contributed by atoms with Gasteiger partial charge in [-0.3, -0.25) is 19.8 Å². The minimum absolute atomic E-state index is 0.0254. The summed E-state index contributed by atoms with van der Waals surface area (Å²) in [6.07, 6.45) is 1.51. The fourth-order valence-corrected chi connectivity index (χ4v) is 3.08. The fraction of sp³-hybridized carbons (Fsp3) is 0.190. The van der Waals surface area contributed by atoms with Crippen LogP contribution in [-0.2, 0) is 9.59 Å². The molecular formula is C21H20N2O4S. The van der Waals surface area contributed by atoms with E-state index in [-0.39, 0.29) is 10.7 Å². The maximum absolute atomic E-state index is 13.0. The summed E-state index contributed by atoms with van der Waals surface area (Å²) >= 11 is 5.20. The zero-order chi connectivity index (χ0) is 20.1. The van der Waals surface area contributed by atoms with Crippen LogP contribution in [0, 0.1) is 0 Å². The summed E-state index contributed by atoms with van der Waals surface area (Å²) in [6, 6.07) is 14.2. The van der Waals surface area contributed by atoms with Crippen molar-refractivity contribution in [1.29, 1.82) is 0 Å². The van der Waals surface area contributed by atoms with E-state index in [1.807, 2.05) is 19.9 Å².